The van der Waals surface area contributed by atoms with Gasteiger partial charge in [0.05, 0.1) is 27.0 Å². The summed E-state index contributed by atoms with van der Waals surface area (Å²) >= 11 is 0. The molecule has 0 aliphatic carbocycles. The lowest BCUT2D eigenvalue weighted by molar-refractivity contribution is 0.320. The molecule has 2 aromatic carbocycles. The molecule has 2 aromatic heterocycles. The zero-order chi connectivity index (χ0) is 25.1. The Hall–Kier alpha value is -4.01. The summed E-state index contributed by atoms with van der Waals surface area (Å²) < 4.78 is 24.4. The van der Waals surface area contributed by atoms with E-state index in [0.717, 1.165) is 35.9 Å². The highest BCUT2D eigenvalue weighted by atomic mass is 16.5. The summed E-state index contributed by atoms with van der Waals surface area (Å²) in [7, 11) is 4.69. The van der Waals surface area contributed by atoms with E-state index in [1.807, 2.05) is 26.0 Å². The third-order valence-electron chi connectivity index (χ3n) is 5.90. The maximum absolute atomic E-state index is 6.29. The zero-order valence-corrected chi connectivity index (χ0v) is 21.2. The fourth-order valence-corrected chi connectivity index (χ4v) is 4.12. The molecule has 2 heterocycles. The van der Waals surface area contributed by atoms with E-state index in [1.165, 1.54) is 0 Å². The maximum atomic E-state index is 6.29. The quantitative estimate of drug-likeness (QED) is 0.330. The van der Waals surface area contributed by atoms with E-state index in [0.29, 0.717) is 40.2 Å². The second-order valence-electron chi connectivity index (χ2n) is 7.93. The molecule has 4 rings (SSSR count). The van der Waals surface area contributed by atoms with Crippen molar-refractivity contribution in [3.05, 3.63) is 47.9 Å². The van der Waals surface area contributed by atoms with E-state index in [-0.39, 0.29) is 0 Å². The molecule has 9 heteroatoms. The molecule has 0 fully saturated rings. The Balaban J connectivity index is 1.82. The Labute approximate surface area is 205 Å². The van der Waals surface area contributed by atoms with Crippen molar-refractivity contribution in [1.29, 1.82) is 0 Å². The lowest BCUT2D eigenvalue weighted by Gasteiger charge is -2.21. The number of fused-ring (bicyclic) bond motifs is 1. The smallest absolute Gasteiger partial charge is 0.249 e. The molecule has 0 N–H and O–H groups in total. The fraction of sp³-hybridized carbons (Fsp3) is 0.346. The molecule has 0 amide bonds. The van der Waals surface area contributed by atoms with Crippen molar-refractivity contribution in [2.45, 2.75) is 27.7 Å². The third kappa shape index (κ3) is 4.53. The number of anilines is 1. The number of benzene rings is 2. The van der Waals surface area contributed by atoms with Crippen LogP contribution >= 0.6 is 0 Å². The first-order valence-corrected chi connectivity index (χ1v) is 11.5. The van der Waals surface area contributed by atoms with Crippen molar-refractivity contribution in [2.24, 2.45) is 0 Å². The molecule has 184 valence electrons. The summed E-state index contributed by atoms with van der Waals surface area (Å²) in [5, 5.41) is 4.76. The predicted octanol–water partition coefficient (Wildman–Crippen LogP) is 5.07. The first-order valence-electron chi connectivity index (χ1n) is 11.5. The van der Waals surface area contributed by atoms with Crippen LogP contribution in [0.5, 0.6) is 28.9 Å². The van der Waals surface area contributed by atoms with Crippen molar-refractivity contribution in [3.8, 4) is 40.3 Å². The van der Waals surface area contributed by atoms with Crippen LogP contribution in [0, 0.1) is 13.8 Å². The molecule has 0 saturated heterocycles. The van der Waals surface area contributed by atoms with Gasteiger partial charge in [-0.3, -0.25) is 0 Å². The topological polar surface area (TPSA) is 83.2 Å². The van der Waals surface area contributed by atoms with E-state index in [1.54, 1.807) is 38.0 Å². The molecule has 0 aliphatic rings. The Morgan fingerprint density at radius 1 is 0.857 bits per heavy atom. The van der Waals surface area contributed by atoms with E-state index < -0.39 is 0 Å². The highest BCUT2D eigenvalue weighted by Gasteiger charge is 2.20. The Bertz CT molecular complexity index is 1310. The first-order chi connectivity index (χ1) is 16.9. The third-order valence-corrected chi connectivity index (χ3v) is 5.90. The minimum Gasteiger partial charge on any atom is -0.493 e. The summed E-state index contributed by atoms with van der Waals surface area (Å²) in [5.41, 5.74) is 3.50. The van der Waals surface area contributed by atoms with Crippen LogP contribution in [0.4, 0.5) is 5.69 Å². The van der Waals surface area contributed by atoms with Gasteiger partial charge in [0.1, 0.15) is 11.6 Å². The number of hydrogen-bond acceptors (Lipinski definition) is 8. The van der Waals surface area contributed by atoms with Gasteiger partial charge in [-0.05, 0) is 52.0 Å². The van der Waals surface area contributed by atoms with Crippen LogP contribution in [0.25, 0.3) is 16.9 Å². The van der Waals surface area contributed by atoms with Gasteiger partial charge < -0.3 is 23.8 Å². The Morgan fingerprint density at radius 2 is 1.49 bits per heavy atom. The largest absolute Gasteiger partial charge is 0.493 e. The zero-order valence-electron chi connectivity index (χ0n) is 21.2. The first kappa shape index (κ1) is 24.1. The number of nitrogens with zero attached hydrogens (tertiary/aromatic N) is 5. The summed E-state index contributed by atoms with van der Waals surface area (Å²) in [6, 6.07) is 11.7. The van der Waals surface area contributed by atoms with Gasteiger partial charge in [0, 0.05) is 36.5 Å². The summed E-state index contributed by atoms with van der Waals surface area (Å²) in [5.74, 6) is 3.61. The summed E-state index contributed by atoms with van der Waals surface area (Å²) in [6.45, 7) is 9.99. The van der Waals surface area contributed by atoms with E-state index in [9.17, 15) is 0 Å². The lowest BCUT2D eigenvalue weighted by atomic mass is 10.2. The van der Waals surface area contributed by atoms with Crippen molar-refractivity contribution in [3.63, 3.8) is 0 Å². The van der Waals surface area contributed by atoms with Gasteiger partial charge in [-0.15, -0.1) is 5.10 Å². The Kier molecular flexibility index (Phi) is 6.95. The maximum Gasteiger partial charge on any atom is 0.249 e. The lowest BCUT2D eigenvalue weighted by Crippen LogP contribution is -2.21. The van der Waals surface area contributed by atoms with Gasteiger partial charge in [-0.1, -0.05) is 0 Å². The van der Waals surface area contributed by atoms with Crippen molar-refractivity contribution >= 4 is 11.2 Å². The molecule has 9 nitrogen and oxygen atoms in total. The molecule has 0 radical (unpaired) electrons. The van der Waals surface area contributed by atoms with E-state index in [2.05, 4.69) is 35.9 Å². The van der Waals surface area contributed by atoms with Crippen molar-refractivity contribution in [1.82, 2.24) is 19.6 Å². The molecule has 0 spiro atoms. The highest BCUT2D eigenvalue weighted by molar-refractivity contribution is 5.67. The molecule has 0 aliphatic heterocycles. The number of aromatic nitrogens is 4. The number of aryl methyl sites for hydroxylation is 2. The van der Waals surface area contributed by atoms with Crippen LogP contribution in [0.3, 0.4) is 0 Å². The molecule has 0 saturated carbocycles. The fourth-order valence-electron chi connectivity index (χ4n) is 4.12. The van der Waals surface area contributed by atoms with E-state index >= 15 is 0 Å². The normalized spacial score (nSPS) is 10.9. The second kappa shape index (κ2) is 10.1. The van der Waals surface area contributed by atoms with Crippen molar-refractivity contribution < 1.29 is 18.9 Å². The summed E-state index contributed by atoms with van der Waals surface area (Å²) in [6.07, 6.45) is 0. The van der Waals surface area contributed by atoms with Gasteiger partial charge >= 0.3 is 0 Å². The van der Waals surface area contributed by atoms with Crippen LogP contribution in [-0.4, -0.2) is 54.0 Å². The van der Waals surface area contributed by atoms with Crippen molar-refractivity contribution in [2.75, 3.05) is 39.3 Å². The molecule has 0 atom stereocenters. The molecular weight excluding hydrogens is 446 g/mol. The molecular formula is C26H31N5O4. The van der Waals surface area contributed by atoms with Crippen LogP contribution in [0.15, 0.2) is 36.4 Å². The monoisotopic (exact) mass is 477 g/mol. The van der Waals surface area contributed by atoms with Gasteiger partial charge in [0.25, 0.3) is 0 Å². The average Bonchev–Trinajstić information content (AvgIpc) is 3.17. The standard InChI is InChI=1S/C26H31N5O4/c1-8-30(9-2)19-12-10-18(11-13-19)25-28-26(23-16(3)27-17(4)31(23)29-25)35-20-14-21(32-5)24(34-7)22(15-20)33-6/h10-15H,8-9H2,1-7H3. The predicted molar refractivity (Wildman–Crippen MR) is 135 cm³/mol. The SMILES string of the molecule is CCN(CC)c1ccc(-c2nc(Oc3cc(OC)c(OC)c(OC)c3)c3c(C)nc(C)n3n2)cc1. The molecule has 0 bridgehead atoms. The minimum atomic E-state index is 0.384. The van der Waals surface area contributed by atoms with Gasteiger partial charge in [0.15, 0.2) is 22.8 Å². The number of ether oxygens (including phenoxy) is 4. The van der Waals surface area contributed by atoms with Crippen LogP contribution in [0.1, 0.15) is 25.4 Å². The van der Waals surface area contributed by atoms with Crippen LogP contribution < -0.4 is 23.8 Å². The van der Waals surface area contributed by atoms with Gasteiger partial charge in [0.2, 0.25) is 11.6 Å². The number of imidazole rings is 1. The number of hydrogen-bond donors (Lipinski definition) is 0. The van der Waals surface area contributed by atoms with Gasteiger partial charge in [-0.25, -0.2) is 9.50 Å². The minimum absolute atomic E-state index is 0.384. The van der Waals surface area contributed by atoms with Crippen LogP contribution in [-0.2, 0) is 0 Å². The second-order valence-corrected chi connectivity index (χ2v) is 7.93. The van der Waals surface area contributed by atoms with Gasteiger partial charge in [-0.2, -0.15) is 4.98 Å². The Morgan fingerprint density at radius 3 is 2.03 bits per heavy atom. The number of rotatable bonds is 9. The van der Waals surface area contributed by atoms with E-state index in [4.69, 9.17) is 29.0 Å². The molecule has 0 unspecified atom stereocenters. The highest BCUT2D eigenvalue weighted by Crippen LogP contribution is 2.42. The molecule has 4 aromatic rings. The summed E-state index contributed by atoms with van der Waals surface area (Å²) in [4.78, 5) is 11.7. The molecule has 35 heavy (non-hydrogen) atoms. The number of methoxy groups -OCH3 is 3. The van der Waals surface area contributed by atoms with Crippen LogP contribution in [0.2, 0.25) is 0 Å². The average molecular weight is 478 g/mol.